The van der Waals surface area contributed by atoms with E-state index >= 15 is 0 Å². The van der Waals surface area contributed by atoms with Crippen LogP contribution in [0.5, 0.6) is 0 Å². The van der Waals surface area contributed by atoms with Crippen LogP contribution >= 0.6 is 0 Å². The van der Waals surface area contributed by atoms with Crippen molar-refractivity contribution in [1.82, 2.24) is 0 Å². The van der Waals surface area contributed by atoms with Crippen LogP contribution in [0.4, 0.5) is 0 Å². The molecular weight excluding hydrogens is 328 g/mol. The van der Waals surface area contributed by atoms with Gasteiger partial charge in [0.25, 0.3) is 20.2 Å². The molecule has 0 aromatic heterocycles. The van der Waals surface area contributed by atoms with Crippen LogP contribution in [0.3, 0.4) is 0 Å². The molecule has 22 heavy (non-hydrogen) atoms. The molecule has 2 N–H and O–H groups in total. The van der Waals surface area contributed by atoms with Gasteiger partial charge in [-0.2, -0.15) is 16.8 Å². The minimum atomic E-state index is -4.85. The molecule has 8 heteroatoms. The van der Waals surface area contributed by atoms with E-state index in [1.54, 1.807) is 18.2 Å². The van der Waals surface area contributed by atoms with Gasteiger partial charge in [-0.05, 0) is 34.4 Å². The van der Waals surface area contributed by atoms with Gasteiger partial charge in [0.05, 0.1) is 0 Å². The molecule has 114 valence electrons. The fraction of sp³-hybridized carbons (Fsp3) is 0. The smallest absolute Gasteiger partial charge is 0.282 e. The molecule has 3 aromatic rings. The zero-order valence-corrected chi connectivity index (χ0v) is 12.6. The third-order valence-corrected chi connectivity index (χ3v) is 5.32. The van der Waals surface area contributed by atoms with E-state index in [0.717, 1.165) is 11.5 Å². The molecule has 6 nitrogen and oxygen atoms in total. The summed E-state index contributed by atoms with van der Waals surface area (Å²) >= 11 is 0. The summed E-state index contributed by atoms with van der Waals surface area (Å²) in [5.41, 5.74) is 0. The number of fused-ring (bicyclic) bond motifs is 2. The lowest BCUT2D eigenvalue weighted by molar-refractivity contribution is 0.468. The van der Waals surface area contributed by atoms with Crippen molar-refractivity contribution < 1.29 is 25.9 Å². The molecular formula is C14H10O6S2. The van der Waals surface area contributed by atoms with Crippen LogP contribution in [0, 0.1) is 0 Å². The summed E-state index contributed by atoms with van der Waals surface area (Å²) in [7, 11) is -9.65. The van der Waals surface area contributed by atoms with Gasteiger partial charge in [-0.25, -0.2) is 0 Å². The SMILES string of the molecule is O=S(=O)(O)c1ccc2cc3ccccc3cc2c1S(=O)(=O)O. The molecule has 0 atom stereocenters. The third kappa shape index (κ3) is 2.46. The minimum Gasteiger partial charge on any atom is -0.282 e. The molecule has 0 fully saturated rings. The van der Waals surface area contributed by atoms with Crippen LogP contribution in [0.25, 0.3) is 21.5 Å². The highest BCUT2D eigenvalue weighted by Gasteiger charge is 2.26. The van der Waals surface area contributed by atoms with Crippen LogP contribution in [0.2, 0.25) is 0 Å². The number of hydrogen-bond donors (Lipinski definition) is 2. The van der Waals surface area contributed by atoms with Crippen molar-refractivity contribution in [3.63, 3.8) is 0 Å². The van der Waals surface area contributed by atoms with E-state index in [9.17, 15) is 25.9 Å². The van der Waals surface area contributed by atoms with Gasteiger partial charge in [-0.3, -0.25) is 9.11 Å². The topological polar surface area (TPSA) is 109 Å². The first-order chi connectivity index (χ1) is 10.2. The Kier molecular flexibility index (Phi) is 3.22. The Labute approximate surface area is 126 Å². The molecule has 0 aliphatic heterocycles. The molecule has 0 spiro atoms. The highest BCUT2D eigenvalue weighted by Crippen LogP contribution is 2.32. The second-order valence-electron chi connectivity index (χ2n) is 4.76. The maximum atomic E-state index is 11.6. The van der Waals surface area contributed by atoms with Gasteiger partial charge < -0.3 is 0 Å². The lowest BCUT2D eigenvalue weighted by Crippen LogP contribution is -2.09. The van der Waals surface area contributed by atoms with Crippen LogP contribution in [-0.2, 0) is 20.2 Å². The number of benzene rings is 3. The Morgan fingerprint density at radius 3 is 1.82 bits per heavy atom. The Morgan fingerprint density at radius 1 is 0.682 bits per heavy atom. The molecule has 3 rings (SSSR count). The Bertz CT molecular complexity index is 1110. The highest BCUT2D eigenvalue weighted by atomic mass is 32.2. The summed E-state index contributed by atoms with van der Waals surface area (Å²) in [6, 6.07) is 12.6. The van der Waals surface area contributed by atoms with Gasteiger partial charge >= 0.3 is 0 Å². The summed E-state index contributed by atoms with van der Waals surface area (Å²) in [5, 5.41) is 1.96. The standard InChI is InChI=1S/C14H10O6S2/c15-21(16,17)13-6-5-11-7-9-3-1-2-4-10(9)8-12(11)14(13)22(18,19)20/h1-8H,(H,15,16,17)(H,18,19,20). The normalized spacial score (nSPS) is 12.8. The van der Waals surface area contributed by atoms with E-state index in [1.807, 2.05) is 12.1 Å². The second-order valence-corrected chi connectivity index (χ2v) is 7.51. The van der Waals surface area contributed by atoms with Crippen molar-refractivity contribution in [2.45, 2.75) is 9.79 Å². The van der Waals surface area contributed by atoms with E-state index in [-0.39, 0.29) is 5.39 Å². The van der Waals surface area contributed by atoms with Crippen molar-refractivity contribution in [3.05, 3.63) is 48.5 Å². The van der Waals surface area contributed by atoms with E-state index in [1.165, 1.54) is 12.1 Å². The second kappa shape index (κ2) is 4.75. The molecule has 0 unspecified atom stereocenters. The lowest BCUT2D eigenvalue weighted by Gasteiger charge is -2.10. The number of hydrogen-bond acceptors (Lipinski definition) is 4. The summed E-state index contributed by atoms with van der Waals surface area (Å²) in [6.45, 7) is 0. The van der Waals surface area contributed by atoms with Crippen LogP contribution in [-0.4, -0.2) is 25.9 Å². The minimum absolute atomic E-state index is 0.0244. The zero-order valence-electron chi connectivity index (χ0n) is 11.0. The largest absolute Gasteiger partial charge is 0.296 e. The van der Waals surface area contributed by atoms with Crippen molar-refractivity contribution >= 4 is 41.8 Å². The van der Waals surface area contributed by atoms with Crippen LogP contribution in [0.15, 0.2) is 58.3 Å². The average Bonchev–Trinajstić information content (AvgIpc) is 2.41. The first kappa shape index (κ1) is 14.9. The highest BCUT2D eigenvalue weighted by molar-refractivity contribution is 7.89. The number of rotatable bonds is 2. The predicted molar refractivity (Wildman–Crippen MR) is 81.1 cm³/mol. The van der Waals surface area contributed by atoms with Gasteiger partial charge in [-0.1, -0.05) is 30.3 Å². The van der Waals surface area contributed by atoms with Gasteiger partial charge in [0.1, 0.15) is 9.79 Å². The fourth-order valence-electron chi connectivity index (χ4n) is 2.44. The van der Waals surface area contributed by atoms with Crippen LogP contribution < -0.4 is 0 Å². The Hall–Kier alpha value is -2.00. The summed E-state index contributed by atoms with van der Waals surface area (Å²) in [6.07, 6.45) is 0. The van der Waals surface area contributed by atoms with Gasteiger partial charge in [-0.15, -0.1) is 0 Å². The third-order valence-electron chi connectivity index (χ3n) is 3.34. The molecule has 0 amide bonds. The summed E-state index contributed by atoms with van der Waals surface area (Å²) < 4.78 is 64.6. The monoisotopic (exact) mass is 338 g/mol. The van der Waals surface area contributed by atoms with E-state index in [2.05, 4.69) is 0 Å². The van der Waals surface area contributed by atoms with Crippen molar-refractivity contribution in [1.29, 1.82) is 0 Å². The maximum Gasteiger partial charge on any atom is 0.296 e. The molecule has 0 bridgehead atoms. The van der Waals surface area contributed by atoms with Crippen molar-refractivity contribution in [3.8, 4) is 0 Å². The maximum absolute atomic E-state index is 11.6. The van der Waals surface area contributed by atoms with E-state index in [0.29, 0.717) is 10.8 Å². The van der Waals surface area contributed by atoms with Crippen molar-refractivity contribution in [2.75, 3.05) is 0 Å². The Morgan fingerprint density at radius 2 is 1.27 bits per heavy atom. The lowest BCUT2D eigenvalue weighted by atomic mass is 10.0. The predicted octanol–water partition coefficient (Wildman–Crippen LogP) is 2.49. The fourth-order valence-corrected chi connectivity index (χ4v) is 4.43. The molecule has 0 saturated carbocycles. The molecule has 0 aliphatic carbocycles. The molecule has 3 aromatic carbocycles. The molecule has 0 saturated heterocycles. The van der Waals surface area contributed by atoms with Gasteiger partial charge in [0.15, 0.2) is 0 Å². The average molecular weight is 338 g/mol. The quantitative estimate of drug-likeness (QED) is 0.549. The molecule has 0 radical (unpaired) electrons. The molecule has 0 aliphatic rings. The summed E-state index contributed by atoms with van der Waals surface area (Å²) in [4.78, 5) is -1.67. The van der Waals surface area contributed by atoms with E-state index < -0.39 is 30.0 Å². The van der Waals surface area contributed by atoms with Crippen LogP contribution in [0.1, 0.15) is 0 Å². The van der Waals surface area contributed by atoms with E-state index in [4.69, 9.17) is 0 Å². The first-order valence-electron chi connectivity index (χ1n) is 6.08. The summed E-state index contributed by atoms with van der Waals surface area (Å²) in [5.74, 6) is 0. The van der Waals surface area contributed by atoms with Gasteiger partial charge in [0, 0.05) is 5.39 Å². The van der Waals surface area contributed by atoms with Crippen molar-refractivity contribution in [2.24, 2.45) is 0 Å². The molecule has 0 heterocycles. The van der Waals surface area contributed by atoms with Gasteiger partial charge in [0.2, 0.25) is 0 Å². The first-order valence-corrected chi connectivity index (χ1v) is 8.96. The Balaban J connectivity index is 2.60. The zero-order chi connectivity index (χ0) is 16.1.